The SMILES string of the molecule is O=C1CN(C(=O)c2cc(C3CC3)no2)CN1CC1CC1. The molecule has 0 N–H and O–H groups in total. The molecule has 1 saturated heterocycles. The normalized spacial score (nSPS) is 22.7. The monoisotopic (exact) mass is 275 g/mol. The Morgan fingerprint density at radius 3 is 2.85 bits per heavy atom. The Morgan fingerprint density at radius 1 is 1.35 bits per heavy atom. The van der Waals surface area contributed by atoms with Crippen LogP contribution in [-0.2, 0) is 4.79 Å². The summed E-state index contributed by atoms with van der Waals surface area (Å²) in [5.41, 5.74) is 0.869. The van der Waals surface area contributed by atoms with Crippen molar-refractivity contribution in [3.05, 3.63) is 17.5 Å². The number of amides is 2. The van der Waals surface area contributed by atoms with E-state index in [-0.39, 0.29) is 24.1 Å². The van der Waals surface area contributed by atoms with E-state index in [1.165, 1.54) is 12.8 Å². The fourth-order valence-electron chi connectivity index (χ4n) is 2.62. The summed E-state index contributed by atoms with van der Waals surface area (Å²) in [6.07, 6.45) is 4.64. The minimum atomic E-state index is -0.226. The third-order valence-corrected chi connectivity index (χ3v) is 4.22. The van der Waals surface area contributed by atoms with Crippen molar-refractivity contribution in [2.45, 2.75) is 31.6 Å². The maximum Gasteiger partial charge on any atom is 0.294 e. The molecule has 0 spiro atoms. The van der Waals surface area contributed by atoms with Gasteiger partial charge in [0.2, 0.25) is 11.7 Å². The van der Waals surface area contributed by atoms with Gasteiger partial charge in [-0.1, -0.05) is 5.16 Å². The first-order valence-electron chi connectivity index (χ1n) is 7.24. The van der Waals surface area contributed by atoms with Crippen LogP contribution < -0.4 is 0 Å². The van der Waals surface area contributed by atoms with Gasteiger partial charge in [-0.25, -0.2) is 0 Å². The smallest absolute Gasteiger partial charge is 0.294 e. The molecule has 106 valence electrons. The molecule has 1 aromatic heterocycles. The molecule has 6 heteroatoms. The van der Waals surface area contributed by atoms with Crippen LogP contribution in [0.4, 0.5) is 0 Å². The predicted octanol–water partition coefficient (Wildman–Crippen LogP) is 1.20. The van der Waals surface area contributed by atoms with Crippen molar-refractivity contribution in [1.29, 1.82) is 0 Å². The molecule has 2 heterocycles. The van der Waals surface area contributed by atoms with Gasteiger partial charge in [-0.15, -0.1) is 0 Å². The molecular weight excluding hydrogens is 258 g/mol. The Balaban J connectivity index is 1.43. The highest BCUT2D eigenvalue weighted by Crippen LogP contribution is 2.39. The quantitative estimate of drug-likeness (QED) is 0.828. The Hall–Kier alpha value is -1.85. The number of rotatable bonds is 4. The number of hydrogen-bond acceptors (Lipinski definition) is 4. The van der Waals surface area contributed by atoms with Crippen molar-refractivity contribution in [3.63, 3.8) is 0 Å². The molecular formula is C14H17N3O3. The lowest BCUT2D eigenvalue weighted by Crippen LogP contribution is -2.32. The van der Waals surface area contributed by atoms with E-state index >= 15 is 0 Å². The van der Waals surface area contributed by atoms with Gasteiger partial charge in [-0.05, 0) is 31.6 Å². The van der Waals surface area contributed by atoms with Crippen LogP contribution in [-0.4, -0.2) is 46.5 Å². The van der Waals surface area contributed by atoms with Gasteiger partial charge < -0.3 is 14.3 Å². The fourth-order valence-corrected chi connectivity index (χ4v) is 2.62. The van der Waals surface area contributed by atoms with E-state index in [0.717, 1.165) is 25.1 Å². The van der Waals surface area contributed by atoms with E-state index in [2.05, 4.69) is 5.16 Å². The van der Waals surface area contributed by atoms with Gasteiger partial charge in [0.25, 0.3) is 5.91 Å². The maximum absolute atomic E-state index is 12.3. The molecule has 1 aliphatic heterocycles. The predicted molar refractivity (Wildman–Crippen MR) is 68.8 cm³/mol. The van der Waals surface area contributed by atoms with Crippen LogP contribution in [0.1, 0.15) is 47.8 Å². The van der Waals surface area contributed by atoms with E-state index in [1.807, 2.05) is 0 Å². The minimum Gasteiger partial charge on any atom is -0.351 e. The summed E-state index contributed by atoms with van der Waals surface area (Å²) in [5.74, 6) is 1.17. The fraction of sp³-hybridized carbons (Fsp3) is 0.643. The number of carbonyl (C=O) groups is 2. The average Bonchev–Trinajstić information content (AvgIpc) is 3.35. The van der Waals surface area contributed by atoms with Crippen LogP contribution in [0.5, 0.6) is 0 Å². The summed E-state index contributed by atoms with van der Waals surface area (Å²) >= 11 is 0. The second-order valence-electron chi connectivity index (χ2n) is 6.09. The molecule has 3 fully saturated rings. The average molecular weight is 275 g/mol. The number of aromatic nitrogens is 1. The van der Waals surface area contributed by atoms with Crippen LogP contribution in [0.15, 0.2) is 10.6 Å². The zero-order valence-corrected chi connectivity index (χ0v) is 11.2. The van der Waals surface area contributed by atoms with E-state index in [1.54, 1.807) is 15.9 Å². The van der Waals surface area contributed by atoms with Gasteiger partial charge >= 0.3 is 0 Å². The van der Waals surface area contributed by atoms with Crippen LogP contribution >= 0.6 is 0 Å². The lowest BCUT2D eigenvalue weighted by Gasteiger charge is -2.16. The molecule has 1 aromatic rings. The summed E-state index contributed by atoms with van der Waals surface area (Å²) in [6.45, 7) is 1.32. The summed E-state index contributed by atoms with van der Waals surface area (Å²) in [6, 6.07) is 1.73. The number of nitrogens with zero attached hydrogens (tertiary/aromatic N) is 3. The Labute approximate surface area is 116 Å². The second kappa shape index (κ2) is 4.33. The van der Waals surface area contributed by atoms with Crippen LogP contribution in [0.3, 0.4) is 0 Å². The number of carbonyl (C=O) groups excluding carboxylic acids is 2. The molecule has 0 radical (unpaired) electrons. The van der Waals surface area contributed by atoms with Crippen LogP contribution in [0, 0.1) is 5.92 Å². The van der Waals surface area contributed by atoms with Crippen molar-refractivity contribution in [3.8, 4) is 0 Å². The number of hydrogen-bond donors (Lipinski definition) is 0. The third-order valence-electron chi connectivity index (χ3n) is 4.22. The lowest BCUT2D eigenvalue weighted by molar-refractivity contribution is -0.126. The zero-order valence-electron chi connectivity index (χ0n) is 11.2. The topological polar surface area (TPSA) is 66.7 Å². The van der Waals surface area contributed by atoms with Gasteiger partial charge in [0.05, 0.1) is 12.4 Å². The van der Waals surface area contributed by atoms with E-state index < -0.39 is 0 Å². The molecule has 3 aliphatic rings. The zero-order chi connectivity index (χ0) is 13.7. The van der Waals surface area contributed by atoms with Crippen molar-refractivity contribution in [2.24, 2.45) is 5.92 Å². The van der Waals surface area contributed by atoms with Gasteiger partial charge in [0, 0.05) is 18.5 Å². The Kier molecular flexibility index (Phi) is 2.58. The molecule has 0 aromatic carbocycles. The molecule has 0 atom stereocenters. The summed E-state index contributed by atoms with van der Waals surface area (Å²) < 4.78 is 5.13. The Bertz CT molecular complexity index is 560. The molecule has 2 aliphatic carbocycles. The standard InChI is InChI=1S/C14H17N3O3/c18-13-7-17(8-16(13)6-9-1-2-9)14(19)12-5-11(15-20-12)10-3-4-10/h5,9-10H,1-4,6-8H2. The first-order valence-corrected chi connectivity index (χ1v) is 7.24. The molecule has 20 heavy (non-hydrogen) atoms. The molecule has 4 rings (SSSR count). The molecule has 0 bridgehead atoms. The van der Waals surface area contributed by atoms with Gasteiger partial charge in [0.1, 0.15) is 6.54 Å². The molecule has 2 amide bonds. The second-order valence-corrected chi connectivity index (χ2v) is 6.09. The molecule has 2 saturated carbocycles. The maximum atomic E-state index is 12.3. The highest BCUT2D eigenvalue weighted by atomic mass is 16.5. The highest BCUT2D eigenvalue weighted by molar-refractivity contribution is 5.96. The summed E-state index contributed by atoms with van der Waals surface area (Å²) in [5, 5.41) is 3.95. The highest BCUT2D eigenvalue weighted by Gasteiger charge is 2.36. The first-order chi connectivity index (χ1) is 9.70. The minimum absolute atomic E-state index is 0.0344. The van der Waals surface area contributed by atoms with E-state index in [0.29, 0.717) is 18.5 Å². The molecule has 0 unspecified atom stereocenters. The third kappa shape index (κ3) is 2.19. The van der Waals surface area contributed by atoms with Gasteiger partial charge in [-0.3, -0.25) is 9.59 Å². The largest absolute Gasteiger partial charge is 0.351 e. The summed E-state index contributed by atoms with van der Waals surface area (Å²) in [7, 11) is 0. The van der Waals surface area contributed by atoms with Crippen LogP contribution in [0.2, 0.25) is 0 Å². The van der Waals surface area contributed by atoms with Crippen molar-refractivity contribution in [1.82, 2.24) is 15.0 Å². The van der Waals surface area contributed by atoms with Crippen LogP contribution in [0.25, 0.3) is 0 Å². The van der Waals surface area contributed by atoms with Gasteiger partial charge in [-0.2, -0.15) is 0 Å². The Morgan fingerprint density at radius 2 is 2.15 bits per heavy atom. The van der Waals surface area contributed by atoms with Gasteiger partial charge in [0.15, 0.2) is 0 Å². The van der Waals surface area contributed by atoms with E-state index in [9.17, 15) is 9.59 Å². The molecule has 6 nitrogen and oxygen atoms in total. The first kappa shape index (κ1) is 11.9. The van der Waals surface area contributed by atoms with Crippen molar-refractivity contribution in [2.75, 3.05) is 19.8 Å². The summed E-state index contributed by atoms with van der Waals surface area (Å²) in [4.78, 5) is 27.5. The lowest BCUT2D eigenvalue weighted by atomic mass is 10.2. The van der Waals surface area contributed by atoms with E-state index in [4.69, 9.17) is 4.52 Å². The van der Waals surface area contributed by atoms with Crippen molar-refractivity contribution >= 4 is 11.8 Å². The van der Waals surface area contributed by atoms with Crippen molar-refractivity contribution < 1.29 is 14.1 Å².